The molecule has 0 radical (unpaired) electrons. The van der Waals surface area contributed by atoms with Crippen molar-refractivity contribution in [1.82, 2.24) is 15.1 Å². The van der Waals surface area contributed by atoms with E-state index in [1.54, 1.807) is 0 Å². The van der Waals surface area contributed by atoms with Crippen LogP contribution in [-0.2, 0) is 17.9 Å². The molecule has 2 aromatic carbocycles. The maximum atomic E-state index is 12.8. The number of nitrogens with zero attached hydrogens (tertiary/aromatic N) is 2. The van der Waals surface area contributed by atoms with Gasteiger partial charge in [0.15, 0.2) is 0 Å². The SMILES string of the molecule is O=C(NCc1ccccc1CN1CCCC1CO)C1CCN(C(=O)c2ccccc2)CC1. The number of hydrogen-bond donors (Lipinski definition) is 2. The molecule has 6 heteroatoms. The summed E-state index contributed by atoms with van der Waals surface area (Å²) in [6, 6.07) is 17.8. The van der Waals surface area contributed by atoms with Crippen molar-refractivity contribution in [2.45, 2.75) is 44.8 Å². The van der Waals surface area contributed by atoms with Crippen molar-refractivity contribution in [1.29, 1.82) is 0 Å². The van der Waals surface area contributed by atoms with Crippen molar-refractivity contribution in [3.8, 4) is 0 Å². The van der Waals surface area contributed by atoms with Crippen LogP contribution in [0.3, 0.4) is 0 Å². The molecule has 0 bridgehead atoms. The Hall–Kier alpha value is -2.70. The van der Waals surface area contributed by atoms with Crippen LogP contribution in [0, 0.1) is 5.92 Å². The molecule has 1 atom stereocenters. The third kappa shape index (κ3) is 5.37. The first-order valence-corrected chi connectivity index (χ1v) is 11.7. The fourth-order valence-corrected chi connectivity index (χ4v) is 4.85. The average Bonchev–Trinajstić information content (AvgIpc) is 3.30. The van der Waals surface area contributed by atoms with Crippen molar-refractivity contribution in [2.75, 3.05) is 26.2 Å². The molecule has 2 amide bonds. The normalized spacial score (nSPS) is 19.8. The summed E-state index contributed by atoms with van der Waals surface area (Å²) in [6.45, 7) is 3.74. The smallest absolute Gasteiger partial charge is 0.253 e. The molecule has 0 spiro atoms. The number of nitrogens with one attached hydrogen (secondary N) is 1. The summed E-state index contributed by atoms with van der Waals surface area (Å²) < 4.78 is 0. The Morgan fingerprint density at radius 2 is 1.59 bits per heavy atom. The van der Waals surface area contributed by atoms with E-state index in [1.807, 2.05) is 47.4 Å². The van der Waals surface area contributed by atoms with E-state index in [0.29, 0.717) is 38.0 Å². The molecule has 2 saturated heterocycles. The van der Waals surface area contributed by atoms with Crippen molar-refractivity contribution < 1.29 is 14.7 Å². The first-order chi connectivity index (χ1) is 15.7. The quantitative estimate of drug-likeness (QED) is 0.702. The first kappa shape index (κ1) is 22.5. The molecule has 2 aromatic rings. The van der Waals surface area contributed by atoms with Crippen LogP contribution in [0.4, 0.5) is 0 Å². The number of aliphatic hydroxyl groups is 1. The van der Waals surface area contributed by atoms with Crippen LogP contribution < -0.4 is 5.32 Å². The molecule has 4 rings (SSSR count). The minimum absolute atomic E-state index is 0.0430. The molecule has 2 aliphatic heterocycles. The Morgan fingerprint density at radius 1 is 0.906 bits per heavy atom. The Balaban J connectivity index is 1.28. The Kier molecular flexibility index (Phi) is 7.55. The van der Waals surface area contributed by atoms with Crippen molar-refractivity contribution >= 4 is 11.8 Å². The lowest BCUT2D eigenvalue weighted by molar-refractivity contribution is -0.126. The lowest BCUT2D eigenvalue weighted by Gasteiger charge is -2.31. The molecule has 6 nitrogen and oxygen atoms in total. The van der Waals surface area contributed by atoms with E-state index in [0.717, 1.165) is 31.5 Å². The lowest BCUT2D eigenvalue weighted by Crippen LogP contribution is -2.43. The number of benzene rings is 2. The van der Waals surface area contributed by atoms with Gasteiger partial charge in [-0.25, -0.2) is 0 Å². The number of carbonyl (C=O) groups excluding carboxylic acids is 2. The summed E-state index contributed by atoms with van der Waals surface area (Å²) in [7, 11) is 0. The Bertz CT molecular complexity index is 910. The predicted molar refractivity (Wildman–Crippen MR) is 124 cm³/mol. The van der Waals surface area contributed by atoms with Gasteiger partial charge < -0.3 is 15.3 Å². The summed E-state index contributed by atoms with van der Waals surface area (Å²) in [6.07, 6.45) is 3.55. The molecule has 0 aliphatic carbocycles. The van der Waals surface area contributed by atoms with E-state index in [1.165, 1.54) is 5.56 Å². The fourth-order valence-electron chi connectivity index (χ4n) is 4.85. The Labute approximate surface area is 190 Å². The summed E-state index contributed by atoms with van der Waals surface area (Å²) in [4.78, 5) is 29.6. The van der Waals surface area contributed by atoms with E-state index in [4.69, 9.17) is 0 Å². The van der Waals surface area contributed by atoms with Gasteiger partial charge >= 0.3 is 0 Å². The monoisotopic (exact) mass is 435 g/mol. The molecule has 2 N–H and O–H groups in total. The average molecular weight is 436 g/mol. The third-order valence-corrected chi connectivity index (χ3v) is 6.83. The molecule has 0 aromatic heterocycles. The lowest BCUT2D eigenvalue weighted by atomic mass is 9.95. The fraction of sp³-hybridized carbons (Fsp3) is 0.462. The highest BCUT2D eigenvalue weighted by Gasteiger charge is 2.28. The third-order valence-electron chi connectivity index (χ3n) is 6.83. The second-order valence-corrected chi connectivity index (χ2v) is 8.87. The van der Waals surface area contributed by atoms with Gasteiger partial charge in [-0.15, -0.1) is 0 Å². The number of hydrogen-bond acceptors (Lipinski definition) is 4. The van der Waals surface area contributed by atoms with Crippen LogP contribution in [0.2, 0.25) is 0 Å². The molecular weight excluding hydrogens is 402 g/mol. The van der Waals surface area contributed by atoms with Gasteiger partial charge in [0.2, 0.25) is 5.91 Å². The van der Waals surface area contributed by atoms with Gasteiger partial charge in [0, 0.05) is 43.7 Å². The van der Waals surface area contributed by atoms with E-state index < -0.39 is 0 Å². The van der Waals surface area contributed by atoms with Crippen LogP contribution in [0.15, 0.2) is 54.6 Å². The van der Waals surface area contributed by atoms with Gasteiger partial charge in [-0.1, -0.05) is 42.5 Å². The van der Waals surface area contributed by atoms with Gasteiger partial charge in [0.25, 0.3) is 5.91 Å². The molecule has 32 heavy (non-hydrogen) atoms. The van der Waals surface area contributed by atoms with Crippen LogP contribution in [0.25, 0.3) is 0 Å². The Morgan fingerprint density at radius 3 is 2.31 bits per heavy atom. The number of carbonyl (C=O) groups is 2. The van der Waals surface area contributed by atoms with Gasteiger partial charge in [0.1, 0.15) is 0 Å². The largest absolute Gasteiger partial charge is 0.395 e. The topological polar surface area (TPSA) is 72.9 Å². The first-order valence-electron chi connectivity index (χ1n) is 11.7. The highest BCUT2D eigenvalue weighted by atomic mass is 16.3. The molecule has 0 saturated carbocycles. The highest BCUT2D eigenvalue weighted by molar-refractivity contribution is 5.94. The summed E-state index contributed by atoms with van der Waals surface area (Å²) in [5.41, 5.74) is 3.03. The minimum Gasteiger partial charge on any atom is -0.395 e. The maximum absolute atomic E-state index is 12.8. The second-order valence-electron chi connectivity index (χ2n) is 8.87. The zero-order valence-corrected chi connectivity index (χ0v) is 18.6. The van der Waals surface area contributed by atoms with Crippen molar-refractivity contribution in [3.05, 3.63) is 71.3 Å². The summed E-state index contributed by atoms with van der Waals surface area (Å²) in [5.74, 6) is 0.0573. The molecule has 2 fully saturated rings. The number of amides is 2. The van der Waals surface area contributed by atoms with Crippen LogP contribution >= 0.6 is 0 Å². The molecule has 2 aliphatic rings. The zero-order chi connectivity index (χ0) is 22.3. The minimum atomic E-state index is -0.0562. The van der Waals surface area contributed by atoms with E-state index in [9.17, 15) is 14.7 Å². The molecule has 170 valence electrons. The molecule has 1 unspecified atom stereocenters. The highest BCUT2D eigenvalue weighted by Crippen LogP contribution is 2.22. The number of aliphatic hydroxyl groups excluding tert-OH is 1. The van der Waals surface area contributed by atoms with Gasteiger partial charge in [0.05, 0.1) is 6.61 Å². The van der Waals surface area contributed by atoms with E-state index >= 15 is 0 Å². The van der Waals surface area contributed by atoms with Gasteiger partial charge in [-0.05, 0) is 55.5 Å². The summed E-state index contributed by atoms with van der Waals surface area (Å²) >= 11 is 0. The predicted octanol–water partition coefficient (Wildman–Crippen LogP) is 2.81. The van der Waals surface area contributed by atoms with Crippen LogP contribution in [0.1, 0.15) is 47.2 Å². The number of piperidine rings is 1. The zero-order valence-electron chi connectivity index (χ0n) is 18.6. The van der Waals surface area contributed by atoms with Crippen molar-refractivity contribution in [3.63, 3.8) is 0 Å². The second kappa shape index (κ2) is 10.7. The molecule has 2 heterocycles. The summed E-state index contributed by atoms with van der Waals surface area (Å²) in [5, 5.41) is 12.7. The van der Waals surface area contributed by atoms with Crippen molar-refractivity contribution in [2.24, 2.45) is 5.92 Å². The number of rotatable bonds is 7. The van der Waals surface area contributed by atoms with Crippen LogP contribution in [-0.4, -0.2) is 59.0 Å². The maximum Gasteiger partial charge on any atom is 0.253 e. The van der Waals surface area contributed by atoms with E-state index in [-0.39, 0.29) is 30.4 Å². The van der Waals surface area contributed by atoms with E-state index in [2.05, 4.69) is 22.3 Å². The van der Waals surface area contributed by atoms with Crippen LogP contribution in [0.5, 0.6) is 0 Å². The van der Waals surface area contributed by atoms with Gasteiger partial charge in [-0.2, -0.15) is 0 Å². The standard InChI is InChI=1S/C26H33N3O3/c30-19-24-11-6-14-29(24)18-23-10-5-4-9-22(23)17-27-25(31)20-12-15-28(16-13-20)26(32)21-7-2-1-3-8-21/h1-5,7-10,20,24,30H,6,11-19H2,(H,27,31). The van der Waals surface area contributed by atoms with Gasteiger partial charge in [-0.3, -0.25) is 14.5 Å². The molecular formula is C26H33N3O3. The number of likely N-dealkylation sites (tertiary alicyclic amines) is 2.